The largest absolute Gasteiger partial charge is 0.360 e. The maximum absolute atomic E-state index is 12.2. The maximum Gasteiger partial charge on any atom is 0.206 e. The second kappa shape index (κ2) is 8.28. The smallest absolute Gasteiger partial charge is 0.206 e. The monoisotopic (exact) mass is 421 g/mol. The number of hydrogen-bond acceptors (Lipinski definition) is 7. The Hall–Kier alpha value is -0.640. The van der Waals surface area contributed by atoms with Gasteiger partial charge in [0.15, 0.2) is 14.2 Å². The third-order valence-electron chi connectivity index (χ3n) is 2.68. The van der Waals surface area contributed by atoms with Gasteiger partial charge in [-0.25, -0.2) is 8.42 Å². The van der Waals surface area contributed by atoms with Crippen molar-refractivity contribution in [1.82, 2.24) is 10.2 Å². The zero-order valence-electron chi connectivity index (χ0n) is 12.0. The molecule has 22 heavy (non-hydrogen) atoms. The molecule has 9 heteroatoms. The number of thioether (sulfide) groups is 1. The highest BCUT2D eigenvalue weighted by Crippen LogP contribution is 2.26. The SMILES string of the molecule is CCCNc1nnc(SCCS(=O)(=O)c2ccc(Br)cc2)s1. The molecule has 1 aromatic carbocycles. The van der Waals surface area contributed by atoms with Gasteiger partial charge < -0.3 is 5.32 Å². The van der Waals surface area contributed by atoms with E-state index in [1.54, 1.807) is 24.3 Å². The zero-order chi connectivity index (χ0) is 16.0. The minimum atomic E-state index is -3.26. The van der Waals surface area contributed by atoms with Crippen molar-refractivity contribution >= 4 is 54.0 Å². The molecule has 0 aliphatic heterocycles. The Kier molecular flexibility index (Phi) is 6.66. The normalized spacial score (nSPS) is 11.5. The Bertz CT molecular complexity index is 702. The van der Waals surface area contributed by atoms with E-state index in [4.69, 9.17) is 0 Å². The van der Waals surface area contributed by atoms with Crippen molar-refractivity contribution in [3.63, 3.8) is 0 Å². The number of aromatic nitrogens is 2. The summed E-state index contributed by atoms with van der Waals surface area (Å²) in [5, 5.41) is 12.0. The van der Waals surface area contributed by atoms with E-state index in [1.807, 2.05) is 0 Å². The second-order valence-electron chi connectivity index (χ2n) is 4.42. The van der Waals surface area contributed by atoms with Gasteiger partial charge in [-0.05, 0) is 30.7 Å². The molecule has 0 saturated carbocycles. The van der Waals surface area contributed by atoms with Gasteiger partial charge in [0, 0.05) is 16.8 Å². The number of halogens is 1. The number of benzene rings is 1. The average Bonchev–Trinajstić information content (AvgIpc) is 2.93. The molecule has 5 nitrogen and oxygen atoms in total. The minimum absolute atomic E-state index is 0.0800. The highest BCUT2D eigenvalue weighted by molar-refractivity contribution is 9.10. The van der Waals surface area contributed by atoms with E-state index >= 15 is 0 Å². The molecular weight excluding hydrogens is 406 g/mol. The first-order valence-electron chi connectivity index (χ1n) is 6.70. The summed E-state index contributed by atoms with van der Waals surface area (Å²) < 4.78 is 26.1. The van der Waals surface area contributed by atoms with Crippen molar-refractivity contribution in [2.75, 3.05) is 23.4 Å². The summed E-state index contributed by atoms with van der Waals surface area (Å²) in [5.41, 5.74) is 0. The van der Waals surface area contributed by atoms with Gasteiger partial charge in [-0.1, -0.05) is 46.0 Å². The molecule has 0 unspecified atom stereocenters. The molecule has 0 atom stereocenters. The van der Waals surface area contributed by atoms with Crippen molar-refractivity contribution in [3.05, 3.63) is 28.7 Å². The van der Waals surface area contributed by atoms with E-state index in [9.17, 15) is 8.42 Å². The molecule has 0 bridgehead atoms. The highest BCUT2D eigenvalue weighted by Gasteiger charge is 2.15. The summed E-state index contributed by atoms with van der Waals surface area (Å²) in [5.74, 6) is 0.539. The van der Waals surface area contributed by atoms with Crippen molar-refractivity contribution < 1.29 is 8.42 Å². The Morgan fingerprint density at radius 2 is 2.00 bits per heavy atom. The molecule has 0 fully saturated rings. The van der Waals surface area contributed by atoms with Gasteiger partial charge in [0.2, 0.25) is 5.13 Å². The number of anilines is 1. The molecule has 1 aromatic heterocycles. The van der Waals surface area contributed by atoms with E-state index in [0.29, 0.717) is 10.6 Å². The van der Waals surface area contributed by atoms with Crippen LogP contribution in [0.2, 0.25) is 0 Å². The molecule has 2 rings (SSSR count). The van der Waals surface area contributed by atoms with Gasteiger partial charge in [-0.2, -0.15) is 0 Å². The summed E-state index contributed by atoms with van der Waals surface area (Å²) in [6.45, 7) is 2.94. The van der Waals surface area contributed by atoms with Crippen LogP contribution in [0.1, 0.15) is 13.3 Å². The molecule has 2 aromatic rings. The van der Waals surface area contributed by atoms with E-state index in [-0.39, 0.29) is 5.75 Å². The Balaban J connectivity index is 1.87. The summed E-state index contributed by atoms with van der Waals surface area (Å²) in [6.07, 6.45) is 1.02. The summed E-state index contributed by atoms with van der Waals surface area (Å²) in [7, 11) is -3.26. The number of nitrogens with one attached hydrogen (secondary N) is 1. The molecule has 0 radical (unpaired) electrons. The second-order valence-corrected chi connectivity index (χ2v) is 9.77. The van der Waals surface area contributed by atoms with Gasteiger partial charge in [0.1, 0.15) is 0 Å². The third-order valence-corrected chi connectivity index (χ3v) is 7.22. The predicted octanol–water partition coefficient (Wildman–Crippen LogP) is 3.69. The van der Waals surface area contributed by atoms with Crippen molar-refractivity contribution in [1.29, 1.82) is 0 Å². The van der Waals surface area contributed by atoms with Crippen LogP contribution in [0.15, 0.2) is 38.0 Å². The maximum atomic E-state index is 12.2. The quantitative estimate of drug-likeness (QED) is 0.655. The van der Waals surface area contributed by atoms with Crippen molar-refractivity contribution in [2.24, 2.45) is 0 Å². The number of rotatable bonds is 8. The third kappa shape index (κ3) is 5.22. The number of sulfone groups is 1. The Morgan fingerprint density at radius 1 is 1.27 bits per heavy atom. The van der Waals surface area contributed by atoms with Crippen LogP contribution in [-0.4, -0.2) is 36.7 Å². The van der Waals surface area contributed by atoms with Gasteiger partial charge in [0.25, 0.3) is 0 Å². The topological polar surface area (TPSA) is 72.0 Å². The fraction of sp³-hybridized carbons (Fsp3) is 0.385. The lowest BCUT2D eigenvalue weighted by atomic mass is 10.4. The molecule has 0 aliphatic carbocycles. The highest BCUT2D eigenvalue weighted by atomic mass is 79.9. The van der Waals surface area contributed by atoms with E-state index in [1.165, 1.54) is 23.1 Å². The first-order chi connectivity index (χ1) is 10.5. The molecule has 1 heterocycles. The lowest BCUT2D eigenvalue weighted by Crippen LogP contribution is -2.08. The summed E-state index contributed by atoms with van der Waals surface area (Å²) in [6, 6.07) is 6.69. The number of nitrogens with zero attached hydrogens (tertiary/aromatic N) is 2. The van der Waals surface area contributed by atoms with Crippen molar-refractivity contribution in [2.45, 2.75) is 22.6 Å². The first-order valence-corrected chi connectivity index (χ1v) is 10.9. The zero-order valence-corrected chi connectivity index (χ0v) is 16.0. The van der Waals surface area contributed by atoms with E-state index < -0.39 is 9.84 Å². The number of hydrogen-bond donors (Lipinski definition) is 1. The van der Waals surface area contributed by atoms with Crippen LogP contribution in [0.5, 0.6) is 0 Å². The van der Waals surface area contributed by atoms with Gasteiger partial charge in [0.05, 0.1) is 10.6 Å². The molecule has 0 spiro atoms. The average molecular weight is 422 g/mol. The lowest BCUT2D eigenvalue weighted by Gasteiger charge is -2.03. The lowest BCUT2D eigenvalue weighted by molar-refractivity contribution is 0.597. The standard InChI is InChI=1S/C13H16BrN3O2S3/c1-2-7-15-12-16-17-13(21-12)20-8-9-22(18,19)11-5-3-10(14)4-6-11/h3-6H,2,7-9H2,1H3,(H,15,16). The van der Waals surface area contributed by atoms with Crippen LogP contribution in [0.3, 0.4) is 0 Å². The van der Waals surface area contributed by atoms with Crippen LogP contribution in [0.25, 0.3) is 0 Å². The summed E-state index contributed by atoms with van der Waals surface area (Å²) >= 11 is 6.16. The first kappa shape index (κ1) is 17.7. The predicted molar refractivity (Wildman–Crippen MR) is 95.6 cm³/mol. The molecule has 0 aliphatic rings. The van der Waals surface area contributed by atoms with Crippen LogP contribution in [0, 0.1) is 0 Å². The molecule has 120 valence electrons. The minimum Gasteiger partial charge on any atom is -0.360 e. The molecule has 0 amide bonds. The van der Waals surface area contributed by atoms with Gasteiger partial charge in [-0.15, -0.1) is 10.2 Å². The van der Waals surface area contributed by atoms with Crippen LogP contribution >= 0.6 is 39.0 Å². The van der Waals surface area contributed by atoms with Crippen LogP contribution < -0.4 is 5.32 Å². The van der Waals surface area contributed by atoms with E-state index in [2.05, 4.69) is 38.4 Å². The van der Waals surface area contributed by atoms with Crippen LogP contribution in [0.4, 0.5) is 5.13 Å². The molecular formula is C13H16BrN3O2S3. The fourth-order valence-electron chi connectivity index (χ4n) is 1.57. The van der Waals surface area contributed by atoms with E-state index in [0.717, 1.165) is 26.9 Å². The van der Waals surface area contributed by atoms with Gasteiger partial charge >= 0.3 is 0 Å². The van der Waals surface area contributed by atoms with Gasteiger partial charge in [-0.3, -0.25) is 0 Å². The fourth-order valence-corrected chi connectivity index (χ4v) is 5.33. The van der Waals surface area contributed by atoms with Crippen molar-refractivity contribution in [3.8, 4) is 0 Å². The Labute approximate surface area is 147 Å². The molecule has 0 saturated heterocycles. The summed E-state index contributed by atoms with van der Waals surface area (Å²) in [4.78, 5) is 0.346. The van der Waals surface area contributed by atoms with Crippen LogP contribution in [-0.2, 0) is 9.84 Å². The molecule has 1 N–H and O–H groups in total. The Morgan fingerprint density at radius 3 is 2.68 bits per heavy atom.